The van der Waals surface area contributed by atoms with Crippen LogP contribution < -0.4 is 10.6 Å². The van der Waals surface area contributed by atoms with Crippen LogP contribution in [0.2, 0.25) is 10.0 Å². The van der Waals surface area contributed by atoms with Gasteiger partial charge in [0.1, 0.15) is 0 Å². The van der Waals surface area contributed by atoms with Crippen LogP contribution in [-0.2, 0) is 4.79 Å². The van der Waals surface area contributed by atoms with Gasteiger partial charge in [-0.2, -0.15) is 4.99 Å². The van der Waals surface area contributed by atoms with Crippen LogP contribution in [0.5, 0.6) is 0 Å². The van der Waals surface area contributed by atoms with Crippen LogP contribution in [0.1, 0.15) is 24.7 Å². The van der Waals surface area contributed by atoms with Crippen LogP contribution in [0.15, 0.2) is 29.3 Å². The summed E-state index contributed by atoms with van der Waals surface area (Å²) in [5.41, 5.74) is 2.21. The Kier molecular flexibility index (Phi) is 6.11. The zero-order valence-corrected chi connectivity index (χ0v) is 15.0. The van der Waals surface area contributed by atoms with Crippen molar-refractivity contribution in [3.63, 3.8) is 0 Å². The number of nitrogens with one attached hydrogen (secondary N) is 2. The number of aromatic nitrogens is 2. The summed E-state index contributed by atoms with van der Waals surface area (Å²) in [5.74, 6) is 0.280. The molecule has 0 bridgehead atoms. The fourth-order valence-corrected chi connectivity index (χ4v) is 2.17. The number of aliphatic imine (C=N–C) groups is 1. The van der Waals surface area contributed by atoms with Gasteiger partial charge in [-0.3, -0.25) is 10.1 Å². The zero-order chi connectivity index (χ0) is 17.7. The molecule has 1 amide bonds. The van der Waals surface area contributed by atoms with Crippen molar-refractivity contribution in [1.29, 1.82) is 0 Å². The van der Waals surface area contributed by atoms with Crippen LogP contribution in [0, 0.1) is 13.8 Å². The number of guanidine groups is 1. The number of anilines is 1. The highest BCUT2D eigenvalue weighted by Crippen LogP contribution is 2.25. The fraction of sp³-hybridized carbons (Fsp3) is 0.250. The van der Waals surface area contributed by atoms with Gasteiger partial charge < -0.3 is 5.32 Å². The number of rotatable bonds is 3. The lowest BCUT2D eigenvalue weighted by molar-refractivity contribution is -0.119. The van der Waals surface area contributed by atoms with Crippen molar-refractivity contribution in [3.8, 4) is 0 Å². The van der Waals surface area contributed by atoms with Gasteiger partial charge in [-0.1, -0.05) is 30.1 Å². The quantitative estimate of drug-likeness (QED) is 0.635. The van der Waals surface area contributed by atoms with E-state index in [1.54, 1.807) is 25.1 Å². The number of benzene rings is 1. The minimum absolute atomic E-state index is 0.189. The maximum atomic E-state index is 11.7. The Morgan fingerprint density at radius 2 is 1.79 bits per heavy atom. The van der Waals surface area contributed by atoms with Crippen LogP contribution in [0.3, 0.4) is 0 Å². The van der Waals surface area contributed by atoms with Gasteiger partial charge in [0.15, 0.2) is 0 Å². The Morgan fingerprint density at radius 3 is 2.38 bits per heavy atom. The molecule has 2 aromatic rings. The summed E-state index contributed by atoms with van der Waals surface area (Å²) in [6.45, 7) is 5.45. The number of halogens is 2. The van der Waals surface area contributed by atoms with Crippen molar-refractivity contribution in [3.05, 3.63) is 45.7 Å². The molecule has 2 rings (SSSR count). The van der Waals surface area contributed by atoms with E-state index < -0.39 is 0 Å². The second-order valence-corrected chi connectivity index (χ2v) is 5.88. The molecule has 2 N–H and O–H groups in total. The Bertz CT molecular complexity index is 772. The second-order valence-electron chi connectivity index (χ2n) is 5.07. The molecule has 0 saturated carbocycles. The number of amides is 1. The molecule has 0 atom stereocenters. The summed E-state index contributed by atoms with van der Waals surface area (Å²) >= 11 is 11.9. The molecule has 8 heteroatoms. The van der Waals surface area contributed by atoms with Gasteiger partial charge >= 0.3 is 0 Å². The molecule has 0 spiro atoms. The predicted octanol–water partition coefficient (Wildman–Crippen LogP) is 4.03. The van der Waals surface area contributed by atoms with Crippen LogP contribution in [0.4, 0.5) is 11.6 Å². The highest BCUT2D eigenvalue weighted by molar-refractivity contribution is 6.42. The maximum absolute atomic E-state index is 11.7. The Labute approximate surface area is 150 Å². The van der Waals surface area contributed by atoms with Gasteiger partial charge in [0, 0.05) is 23.5 Å². The lowest BCUT2D eigenvalue weighted by Gasteiger charge is -2.11. The number of carbonyl (C=O) groups is 1. The van der Waals surface area contributed by atoms with E-state index in [1.165, 1.54) is 0 Å². The average Bonchev–Trinajstić information content (AvgIpc) is 2.49. The second kappa shape index (κ2) is 8.08. The third-order valence-electron chi connectivity index (χ3n) is 2.94. The van der Waals surface area contributed by atoms with E-state index in [1.807, 2.05) is 19.9 Å². The summed E-state index contributed by atoms with van der Waals surface area (Å²) in [6, 6.07) is 6.86. The molecule has 24 heavy (non-hydrogen) atoms. The van der Waals surface area contributed by atoms with E-state index in [0.717, 1.165) is 11.4 Å². The van der Waals surface area contributed by atoms with E-state index in [9.17, 15) is 4.79 Å². The number of nitrogens with zero attached hydrogens (tertiary/aromatic N) is 3. The normalized spacial score (nSPS) is 11.3. The largest absolute Gasteiger partial charge is 0.326 e. The standard InChI is InChI=1S/C16H17Cl2N5O/c1-4-14(24)22-16(21-11-5-6-12(17)13(18)8-11)23-15-19-9(2)7-10(3)20-15/h5-8H,4H2,1-3H3,(H2,19,20,21,22,23,24). The van der Waals surface area contributed by atoms with Gasteiger partial charge in [-0.25, -0.2) is 9.97 Å². The van der Waals surface area contributed by atoms with Gasteiger partial charge in [-0.05, 0) is 38.1 Å². The highest BCUT2D eigenvalue weighted by Gasteiger charge is 2.08. The Balaban J connectivity index is 2.34. The molecule has 1 aromatic heterocycles. The van der Waals surface area contributed by atoms with Crippen molar-refractivity contribution in [2.45, 2.75) is 27.2 Å². The van der Waals surface area contributed by atoms with Crippen molar-refractivity contribution >= 4 is 46.7 Å². The number of hydrogen-bond donors (Lipinski definition) is 2. The molecule has 1 heterocycles. The van der Waals surface area contributed by atoms with E-state index in [0.29, 0.717) is 22.2 Å². The predicted molar refractivity (Wildman–Crippen MR) is 97.1 cm³/mol. The zero-order valence-electron chi connectivity index (χ0n) is 13.5. The minimum Gasteiger partial charge on any atom is -0.326 e. The number of aryl methyl sites for hydroxylation is 2. The molecule has 126 valence electrons. The average molecular weight is 366 g/mol. The molecule has 0 unspecified atom stereocenters. The molecule has 0 aliphatic heterocycles. The van der Waals surface area contributed by atoms with Gasteiger partial charge in [0.25, 0.3) is 5.95 Å². The van der Waals surface area contributed by atoms with Gasteiger partial charge in [0.2, 0.25) is 11.9 Å². The van der Waals surface area contributed by atoms with Gasteiger partial charge in [-0.15, -0.1) is 0 Å². The summed E-state index contributed by atoms with van der Waals surface area (Å²) in [7, 11) is 0. The van der Waals surface area contributed by atoms with Crippen molar-refractivity contribution in [2.24, 2.45) is 4.99 Å². The summed E-state index contributed by atoms with van der Waals surface area (Å²) < 4.78 is 0. The van der Waals surface area contributed by atoms with E-state index in [4.69, 9.17) is 23.2 Å². The van der Waals surface area contributed by atoms with Crippen molar-refractivity contribution in [2.75, 3.05) is 5.32 Å². The Hall–Kier alpha value is -2.18. The molecule has 0 saturated heterocycles. The highest BCUT2D eigenvalue weighted by atomic mass is 35.5. The number of carbonyl (C=O) groups excluding carboxylic acids is 1. The lowest BCUT2D eigenvalue weighted by atomic mass is 10.3. The molecule has 0 aliphatic carbocycles. The minimum atomic E-state index is -0.189. The van der Waals surface area contributed by atoms with E-state index in [2.05, 4.69) is 25.6 Å². The SMILES string of the molecule is CCC(=O)NC(=Nc1nc(C)cc(C)n1)Nc1ccc(Cl)c(Cl)c1. The molecular weight excluding hydrogens is 349 g/mol. The molecule has 1 aromatic carbocycles. The summed E-state index contributed by atoms with van der Waals surface area (Å²) in [6.07, 6.45) is 0.315. The molecule has 0 fully saturated rings. The summed E-state index contributed by atoms with van der Waals surface area (Å²) in [5, 5.41) is 6.51. The van der Waals surface area contributed by atoms with Crippen LogP contribution in [-0.4, -0.2) is 21.8 Å². The third kappa shape index (κ3) is 5.18. The first-order chi connectivity index (χ1) is 11.4. The van der Waals surface area contributed by atoms with Crippen LogP contribution >= 0.6 is 23.2 Å². The first-order valence-corrected chi connectivity index (χ1v) is 8.06. The topological polar surface area (TPSA) is 79.3 Å². The van der Waals surface area contributed by atoms with Crippen LogP contribution in [0.25, 0.3) is 0 Å². The van der Waals surface area contributed by atoms with Crippen molar-refractivity contribution in [1.82, 2.24) is 15.3 Å². The van der Waals surface area contributed by atoms with Crippen molar-refractivity contribution < 1.29 is 4.79 Å². The maximum Gasteiger partial charge on any atom is 0.253 e. The lowest BCUT2D eigenvalue weighted by Crippen LogP contribution is -2.35. The Morgan fingerprint density at radius 1 is 1.12 bits per heavy atom. The number of hydrogen-bond acceptors (Lipinski definition) is 4. The van der Waals surface area contributed by atoms with Gasteiger partial charge in [0.05, 0.1) is 10.0 Å². The molecule has 6 nitrogen and oxygen atoms in total. The molecular formula is C16H17Cl2N5O. The first kappa shape index (κ1) is 18.2. The van der Waals surface area contributed by atoms with E-state index >= 15 is 0 Å². The molecule has 0 radical (unpaired) electrons. The third-order valence-corrected chi connectivity index (χ3v) is 3.68. The molecule has 0 aliphatic rings. The first-order valence-electron chi connectivity index (χ1n) is 7.30. The van der Waals surface area contributed by atoms with E-state index in [-0.39, 0.29) is 17.8 Å². The summed E-state index contributed by atoms with van der Waals surface area (Å²) in [4.78, 5) is 24.5. The fourth-order valence-electron chi connectivity index (χ4n) is 1.88. The monoisotopic (exact) mass is 365 g/mol. The smallest absolute Gasteiger partial charge is 0.253 e.